The van der Waals surface area contributed by atoms with E-state index in [0.29, 0.717) is 23.9 Å². The first-order valence-corrected chi connectivity index (χ1v) is 10.7. The van der Waals surface area contributed by atoms with E-state index in [0.717, 1.165) is 46.5 Å². The molecule has 1 aliphatic rings. The molecule has 0 bridgehead atoms. The van der Waals surface area contributed by atoms with Gasteiger partial charge in [0.05, 0.1) is 12.2 Å². The van der Waals surface area contributed by atoms with Crippen LogP contribution in [0.15, 0.2) is 47.4 Å². The number of hydrogen-bond acceptors (Lipinski definition) is 4. The van der Waals surface area contributed by atoms with Gasteiger partial charge < -0.3 is 15.0 Å². The minimum atomic E-state index is -0.138. The largest absolute Gasteiger partial charge is 0.494 e. The molecule has 4 aromatic rings. The number of fused-ring (bicyclic) bond motifs is 2. The standard InChI is InChI=1S/C24H26N4O2/c1-3-30-18-9-10-20-16(12-18)13-19(24(29)26-20)22-23(25-17-6-4-5-7-17)28-14-15(2)8-11-21(28)27-22/h8-14,17,25H,3-7H2,1-2H3,(H,26,29). The van der Waals surface area contributed by atoms with Crippen molar-refractivity contribution in [2.75, 3.05) is 11.9 Å². The second kappa shape index (κ2) is 7.52. The summed E-state index contributed by atoms with van der Waals surface area (Å²) in [7, 11) is 0. The molecule has 5 rings (SSSR count). The van der Waals surface area contributed by atoms with Crippen LogP contribution >= 0.6 is 0 Å². The smallest absolute Gasteiger partial charge is 0.258 e. The number of pyridine rings is 2. The molecule has 6 nitrogen and oxygen atoms in total. The van der Waals surface area contributed by atoms with Gasteiger partial charge in [0.25, 0.3) is 5.56 Å². The quantitative estimate of drug-likeness (QED) is 0.498. The molecule has 2 N–H and O–H groups in total. The molecular weight excluding hydrogens is 376 g/mol. The van der Waals surface area contributed by atoms with Crippen LogP contribution in [0.25, 0.3) is 27.8 Å². The van der Waals surface area contributed by atoms with Crippen molar-refractivity contribution >= 4 is 22.4 Å². The molecule has 0 aliphatic heterocycles. The van der Waals surface area contributed by atoms with Crippen LogP contribution in [0.1, 0.15) is 38.2 Å². The zero-order chi connectivity index (χ0) is 20.7. The van der Waals surface area contributed by atoms with Crippen molar-refractivity contribution in [3.05, 3.63) is 58.5 Å². The van der Waals surface area contributed by atoms with Crippen LogP contribution in [-0.2, 0) is 0 Å². The van der Waals surface area contributed by atoms with Gasteiger partial charge in [-0.2, -0.15) is 0 Å². The van der Waals surface area contributed by atoms with E-state index in [1.807, 2.05) is 43.3 Å². The average molecular weight is 402 g/mol. The van der Waals surface area contributed by atoms with E-state index in [2.05, 4.69) is 27.8 Å². The molecule has 3 heterocycles. The van der Waals surface area contributed by atoms with Gasteiger partial charge in [0.2, 0.25) is 0 Å². The molecule has 1 aromatic carbocycles. The number of hydrogen-bond donors (Lipinski definition) is 2. The number of anilines is 1. The van der Waals surface area contributed by atoms with Crippen LogP contribution in [0.3, 0.4) is 0 Å². The Bertz CT molecular complexity index is 1280. The van der Waals surface area contributed by atoms with Crippen LogP contribution in [0.5, 0.6) is 5.75 Å². The highest BCUT2D eigenvalue weighted by molar-refractivity contribution is 5.87. The van der Waals surface area contributed by atoms with E-state index in [1.54, 1.807) is 0 Å². The number of H-pyrrole nitrogens is 1. The molecule has 1 saturated carbocycles. The summed E-state index contributed by atoms with van der Waals surface area (Å²) in [6.07, 6.45) is 6.83. The summed E-state index contributed by atoms with van der Waals surface area (Å²) in [4.78, 5) is 20.9. The van der Waals surface area contributed by atoms with Gasteiger partial charge in [-0.15, -0.1) is 0 Å². The minimum absolute atomic E-state index is 0.138. The fourth-order valence-corrected chi connectivity index (χ4v) is 4.36. The molecule has 3 aromatic heterocycles. The fourth-order valence-electron chi connectivity index (χ4n) is 4.36. The van der Waals surface area contributed by atoms with Gasteiger partial charge in [0.15, 0.2) is 0 Å². The summed E-state index contributed by atoms with van der Waals surface area (Å²) in [6, 6.07) is 12.1. The number of aromatic nitrogens is 3. The van der Waals surface area contributed by atoms with E-state index in [1.165, 1.54) is 12.8 Å². The predicted molar refractivity (Wildman–Crippen MR) is 121 cm³/mol. The van der Waals surface area contributed by atoms with Crippen LogP contribution in [-0.4, -0.2) is 27.0 Å². The number of ether oxygens (including phenoxy) is 1. The molecule has 30 heavy (non-hydrogen) atoms. The fraction of sp³-hybridized carbons (Fsp3) is 0.333. The lowest BCUT2D eigenvalue weighted by molar-refractivity contribution is 0.340. The van der Waals surface area contributed by atoms with E-state index < -0.39 is 0 Å². The molecule has 0 spiro atoms. The molecule has 0 amide bonds. The molecule has 0 radical (unpaired) electrons. The van der Waals surface area contributed by atoms with Crippen molar-refractivity contribution < 1.29 is 4.74 Å². The van der Waals surface area contributed by atoms with Crippen molar-refractivity contribution in [2.45, 2.75) is 45.6 Å². The topological polar surface area (TPSA) is 71.4 Å². The normalized spacial score (nSPS) is 14.6. The van der Waals surface area contributed by atoms with Gasteiger partial charge in [-0.3, -0.25) is 9.20 Å². The van der Waals surface area contributed by atoms with Crippen molar-refractivity contribution in [3.8, 4) is 17.0 Å². The lowest BCUT2D eigenvalue weighted by Crippen LogP contribution is -2.17. The number of benzene rings is 1. The first-order chi connectivity index (χ1) is 14.6. The third-order valence-electron chi connectivity index (χ3n) is 5.84. The van der Waals surface area contributed by atoms with Crippen LogP contribution < -0.4 is 15.6 Å². The summed E-state index contributed by atoms with van der Waals surface area (Å²) >= 11 is 0. The summed E-state index contributed by atoms with van der Waals surface area (Å²) in [6.45, 7) is 4.63. The van der Waals surface area contributed by atoms with E-state index in [9.17, 15) is 4.79 Å². The molecule has 6 heteroatoms. The van der Waals surface area contributed by atoms with Crippen molar-refractivity contribution in [2.24, 2.45) is 0 Å². The third-order valence-corrected chi connectivity index (χ3v) is 5.84. The maximum atomic E-state index is 13.0. The highest BCUT2D eigenvalue weighted by Crippen LogP contribution is 2.32. The number of aromatic amines is 1. The minimum Gasteiger partial charge on any atom is -0.494 e. The Kier molecular flexibility index (Phi) is 4.69. The Hall–Kier alpha value is -3.28. The number of rotatable bonds is 5. The Morgan fingerprint density at radius 3 is 2.83 bits per heavy atom. The molecular formula is C24H26N4O2. The maximum absolute atomic E-state index is 13.0. The van der Waals surface area contributed by atoms with E-state index in [4.69, 9.17) is 9.72 Å². The summed E-state index contributed by atoms with van der Waals surface area (Å²) in [5, 5.41) is 4.61. The van der Waals surface area contributed by atoms with Gasteiger partial charge in [0.1, 0.15) is 22.9 Å². The molecule has 0 unspecified atom stereocenters. The second-order valence-corrected chi connectivity index (χ2v) is 8.06. The molecule has 154 valence electrons. The Morgan fingerprint density at radius 2 is 2.03 bits per heavy atom. The van der Waals surface area contributed by atoms with Gasteiger partial charge in [-0.05, 0) is 62.6 Å². The van der Waals surface area contributed by atoms with Gasteiger partial charge in [0, 0.05) is 23.1 Å². The molecule has 0 saturated heterocycles. The van der Waals surface area contributed by atoms with E-state index >= 15 is 0 Å². The molecule has 1 fully saturated rings. The lowest BCUT2D eigenvalue weighted by atomic mass is 10.1. The third kappa shape index (κ3) is 3.32. The molecule has 0 atom stereocenters. The summed E-state index contributed by atoms with van der Waals surface area (Å²) in [5.41, 5.74) is 3.89. The number of nitrogens with zero attached hydrogens (tertiary/aromatic N) is 2. The summed E-state index contributed by atoms with van der Waals surface area (Å²) in [5.74, 6) is 1.68. The van der Waals surface area contributed by atoms with Crippen LogP contribution in [0.2, 0.25) is 0 Å². The second-order valence-electron chi connectivity index (χ2n) is 8.06. The molecule has 1 aliphatic carbocycles. The van der Waals surface area contributed by atoms with Crippen molar-refractivity contribution in [1.29, 1.82) is 0 Å². The zero-order valence-electron chi connectivity index (χ0n) is 17.4. The maximum Gasteiger partial charge on any atom is 0.258 e. The Morgan fingerprint density at radius 1 is 1.20 bits per heavy atom. The van der Waals surface area contributed by atoms with Gasteiger partial charge in [-0.25, -0.2) is 4.98 Å². The highest BCUT2D eigenvalue weighted by atomic mass is 16.5. The number of aryl methyl sites for hydroxylation is 1. The first kappa shape index (κ1) is 18.7. The lowest BCUT2D eigenvalue weighted by Gasteiger charge is -2.15. The Labute approximate surface area is 174 Å². The first-order valence-electron chi connectivity index (χ1n) is 10.7. The predicted octanol–water partition coefficient (Wildman–Crippen LogP) is 4.90. The number of nitrogens with one attached hydrogen (secondary N) is 2. The van der Waals surface area contributed by atoms with E-state index in [-0.39, 0.29) is 5.56 Å². The van der Waals surface area contributed by atoms with Gasteiger partial charge in [-0.1, -0.05) is 18.9 Å². The summed E-state index contributed by atoms with van der Waals surface area (Å²) < 4.78 is 7.71. The SMILES string of the molecule is CCOc1ccc2[nH]c(=O)c(-c3nc4ccc(C)cn4c3NC3CCCC3)cc2c1. The van der Waals surface area contributed by atoms with Crippen molar-refractivity contribution in [1.82, 2.24) is 14.4 Å². The highest BCUT2D eigenvalue weighted by Gasteiger charge is 2.22. The average Bonchev–Trinajstić information content (AvgIpc) is 3.37. The Balaban J connectivity index is 1.70. The van der Waals surface area contributed by atoms with Crippen LogP contribution in [0.4, 0.5) is 5.82 Å². The van der Waals surface area contributed by atoms with Crippen molar-refractivity contribution in [3.63, 3.8) is 0 Å². The van der Waals surface area contributed by atoms with Gasteiger partial charge >= 0.3 is 0 Å². The monoisotopic (exact) mass is 402 g/mol. The van der Waals surface area contributed by atoms with Crippen LogP contribution in [0, 0.1) is 6.92 Å². The number of imidazole rings is 1. The zero-order valence-corrected chi connectivity index (χ0v) is 17.4.